The molecule has 0 saturated carbocycles. The molecule has 0 aromatic carbocycles. The largest absolute Gasteiger partial charge is 3.00 e. The molecule has 0 aromatic heterocycles. The van der Waals surface area contributed by atoms with Gasteiger partial charge in [-0.1, -0.05) is 0 Å². The molecule has 19 heteroatoms. The number of rotatable bonds is 15. The SMILES string of the molecule is N=C(N)NCCC[C@H](N)C(=O)[O-].N=C(N)NCCC[C@H](N)C(=O)[O-].N=C(N)NCCC[C@H](N)C(=O)[O-].[Cr+3]. The van der Waals surface area contributed by atoms with E-state index in [1.54, 1.807) is 0 Å². The monoisotopic (exact) mass is 571 g/mol. The van der Waals surface area contributed by atoms with Crippen molar-refractivity contribution in [1.29, 1.82) is 16.2 Å². The molecule has 213 valence electrons. The van der Waals surface area contributed by atoms with Crippen LogP contribution in [0.1, 0.15) is 38.5 Å². The van der Waals surface area contributed by atoms with Gasteiger partial charge in [0.15, 0.2) is 17.9 Å². The summed E-state index contributed by atoms with van der Waals surface area (Å²) in [6.07, 6.45) is 2.62. The van der Waals surface area contributed by atoms with Crippen molar-refractivity contribution in [2.45, 2.75) is 56.7 Å². The minimum Gasteiger partial charge on any atom is -0.548 e. The Morgan fingerprint density at radius 3 is 0.892 bits per heavy atom. The van der Waals surface area contributed by atoms with Gasteiger partial charge in [0, 0.05) is 37.8 Å². The molecule has 37 heavy (non-hydrogen) atoms. The zero-order chi connectivity index (χ0) is 28.7. The second-order valence-electron chi connectivity index (χ2n) is 7.22. The van der Waals surface area contributed by atoms with E-state index in [-0.39, 0.29) is 35.2 Å². The zero-order valence-electron chi connectivity index (χ0n) is 20.4. The minimum atomic E-state index is -1.25. The molecule has 0 aliphatic carbocycles. The zero-order valence-corrected chi connectivity index (χ0v) is 21.7. The Balaban J connectivity index is -0.000000218. The first-order chi connectivity index (χ1) is 16.6. The fourth-order valence-corrected chi connectivity index (χ4v) is 1.99. The van der Waals surface area contributed by atoms with Crippen LogP contribution in [0.25, 0.3) is 0 Å². The number of hydrogen-bond donors (Lipinski definition) is 12. The summed E-state index contributed by atoms with van der Waals surface area (Å²) >= 11 is 0. The van der Waals surface area contributed by atoms with Crippen molar-refractivity contribution in [1.82, 2.24) is 16.0 Å². The van der Waals surface area contributed by atoms with Crippen LogP contribution in [-0.4, -0.2) is 73.5 Å². The molecule has 0 saturated heterocycles. The minimum absolute atomic E-state index is 0. The summed E-state index contributed by atoms with van der Waals surface area (Å²) in [5.74, 6) is -4.14. The van der Waals surface area contributed by atoms with E-state index in [1.807, 2.05) is 0 Å². The normalized spacial score (nSPS) is 11.8. The number of carboxylic acid groups (broad SMARTS) is 3. The molecule has 3 atom stereocenters. The third-order valence-electron chi connectivity index (χ3n) is 3.93. The van der Waals surface area contributed by atoms with Gasteiger partial charge in [0.2, 0.25) is 0 Å². The topological polar surface area (TPSA) is 384 Å². The third-order valence-corrected chi connectivity index (χ3v) is 3.93. The van der Waals surface area contributed by atoms with Crippen LogP contribution in [-0.2, 0) is 31.7 Å². The summed E-state index contributed by atoms with van der Waals surface area (Å²) in [4.78, 5) is 30.3. The van der Waals surface area contributed by atoms with E-state index in [1.165, 1.54) is 0 Å². The van der Waals surface area contributed by atoms with Crippen LogP contribution in [0.3, 0.4) is 0 Å². The van der Waals surface area contributed by atoms with Gasteiger partial charge < -0.3 is 80.1 Å². The van der Waals surface area contributed by atoms with Gasteiger partial charge in [-0.2, -0.15) is 0 Å². The number of carbonyl (C=O) groups is 3. The maximum Gasteiger partial charge on any atom is 3.00 e. The average molecular weight is 572 g/mol. The van der Waals surface area contributed by atoms with Crippen molar-refractivity contribution in [2.75, 3.05) is 19.6 Å². The molecule has 0 bridgehead atoms. The van der Waals surface area contributed by atoms with Gasteiger partial charge >= 0.3 is 17.4 Å². The van der Waals surface area contributed by atoms with Gasteiger partial charge in [-0.25, -0.2) is 0 Å². The van der Waals surface area contributed by atoms with Crippen LogP contribution in [0.2, 0.25) is 0 Å². The number of hydrogen-bond acceptors (Lipinski definition) is 12. The fourth-order valence-electron chi connectivity index (χ4n) is 1.99. The van der Waals surface area contributed by atoms with Gasteiger partial charge in [-0.15, -0.1) is 0 Å². The molecule has 18 nitrogen and oxygen atoms in total. The van der Waals surface area contributed by atoms with Gasteiger partial charge in [0.1, 0.15) is 0 Å². The number of carboxylic acids is 3. The predicted molar refractivity (Wildman–Crippen MR) is 126 cm³/mol. The number of nitrogens with one attached hydrogen (secondary N) is 6. The second-order valence-corrected chi connectivity index (χ2v) is 7.22. The van der Waals surface area contributed by atoms with E-state index in [2.05, 4.69) is 16.0 Å². The van der Waals surface area contributed by atoms with E-state index in [4.69, 9.17) is 50.6 Å². The van der Waals surface area contributed by atoms with Crippen molar-refractivity contribution in [3.8, 4) is 0 Å². The summed E-state index contributed by atoms with van der Waals surface area (Å²) in [5, 5.41) is 58.2. The molecular weight excluding hydrogens is 532 g/mol. The first-order valence-corrected chi connectivity index (χ1v) is 10.7. The number of guanidine groups is 3. The van der Waals surface area contributed by atoms with Crippen LogP contribution in [0.4, 0.5) is 0 Å². The second kappa shape index (κ2) is 25.7. The quantitative estimate of drug-likeness (QED) is 0.0493. The van der Waals surface area contributed by atoms with Crippen molar-refractivity contribution in [3.63, 3.8) is 0 Å². The molecule has 0 heterocycles. The van der Waals surface area contributed by atoms with E-state index in [9.17, 15) is 29.7 Å². The van der Waals surface area contributed by atoms with Crippen molar-refractivity contribution >= 4 is 35.8 Å². The molecule has 0 aliphatic rings. The molecule has 0 aromatic rings. The first-order valence-electron chi connectivity index (χ1n) is 10.7. The third kappa shape index (κ3) is 34.9. The Morgan fingerprint density at radius 2 is 0.757 bits per heavy atom. The maximum absolute atomic E-state index is 10.1. The molecule has 0 amide bonds. The summed E-state index contributed by atoms with van der Waals surface area (Å²) in [5.41, 5.74) is 30.4. The van der Waals surface area contributed by atoms with Gasteiger partial charge in [-0.3, -0.25) is 16.2 Å². The van der Waals surface area contributed by atoms with Crippen LogP contribution in [0, 0.1) is 16.2 Å². The van der Waals surface area contributed by atoms with Crippen LogP contribution in [0.15, 0.2) is 0 Å². The maximum atomic E-state index is 10.1. The number of carbonyl (C=O) groups excluding carboxylic acids is 3. The molecule has 0 spiro atoms. The Hall–Kier alpha value is -3.37. The van der Waals surface area contributed by atoms with E-state index >= 15 is 0 Å². The summed E-state index contributed by atoms with van der Waals surface area (Å²) in [6.45, 7) is 1.36. The van der Waals surface area contributed by atoms with Gasteiger partial charge in [-0.05, 0) is 38.5 Å². The molecule has 0 unspecified atom stereocenters. The van der Waals surface area contributed by atoms with E-state index in [0.717, 1.165) is 0 Å². The Bertz CT molecular complexity index is 610. The fraction of sp³-hybridized carbons (Fsp3) is 0.667. The summed E-state index contributed by atoms with van der Waals surface area (Å²) in [7, 11) is 0. The Labute approximate surface area is 225 Å². The van der Waals surface area contributed by atoms with Gasteiger partial charge in [0.05, 0.1) is 17.9 Å². The van der Waals surface area contributed by atoms with Crippen LogP contribution >= 0.6 is 0 Å². The van der Waals surface area contributed by atoms with E-state index < -0.39 is 36.0 Å². The van der Waals surface area contributed by atoms with E-state index in [0.29, 0.717) is 58.2 Å². The molecule has 0 aliphatic heterocycles. The van der Waals surface area contributed by atoms with Crippen LogP contribution < -0.4 is 65.7 Å². The molecular formula is C18H39CrN12O6. The summed E-state index contributed by atoms with van der Waals surface area (Å²) in [6, 6.07) is -2.80. The molecule has 1 radical (unpaired) electrons. The van der Waals surface area contributed by atoms with Crippen molar-refractivity contribution < 1.29 is 47.1 Å². The Morgan fingerprint density at radius 1 is 0.568 bits per heavy atom. The predicted octanol–water partition coefficient (Wildman–Crippen LogP) is -8.02. The average Bonchev–Trinajstić information content (AvgIpc) is 2.76. The Kier molecular flexibility index (Phi) is 28.3. The first kappa shape index (κ1) is 40.8. The summed E-state index contributed by atoms with van der Waals surface area (Å²) < 4.78 is 0. The van der Waals surface area contributed by atoms with Crippen molar-refractivity contribution in [2.24, 2.45) is 34.4 Å². The van der Waals surface area contributed by atoms with Crippen LogP contribution in [0.5, 0.6) is 0 Å². The smallest absolute Gasteiger partial charge is 0.548 e. The number of aliphatic carboxylic acids is 3. The van der Waals surface area contributed by atoms with Gasteiger partial charge in [0.25, 0.3) is 0 Å². The standard InChI is InChI=1S/3C6H14N4O2.Cr/c3*7-4(5(11)12)2-1-3-10-6(8)9;/h3*4H,1-3,7H2,(H,11,12)(H4,8,9,10);/q;;;+3/p-3/t3*4-;/m000./s1. The molecule has 18 N–H and O–H groups in total. The molecule has 0 fully saturated rings. The molecule has 0 rings (SSSR count). The number of nitrogens with two attached hydrogens (primary N) is 6. The van der Waals surface area contributed by atoms with Crippen molar-refractivity contribution in [3.05, 3.63) is 0 Å².